The van der Waals surface area contributed by atoms with Gasteiger partial charge in [-0.2, -0.15) is 0 Å². The topological polar surface area (TPSA) is 64.1 Å². The molecule has 0 saturated heterocycles. The van der Waals surface area contributed by atoms with Crippen LogP contribution in [0, 0.1) is 0 Å². The minimum absolute atomic E-state index is 0.783. The van der Waals surface area contributed by atoms with Gasteiger partial charge in [-0.15, -0.1) is 0 Å². The average molecular weight is 211 g/mol. The van der Waals surface area contributed by atoms with Crippen molar-refractivity contribution in [2.45, 2.75) is 6.42 Å². The van der Waals surface area contributed by atoms with Crippen LogP contribution in [-0.4, -0.2) is 0 Å². The average Bonchev–Trinajstić information content (AvgIpc) is 2.26. The molecule has 0 unspecified atom stereocenters. The number of benzene rings is 2. The van der Waals surface area contributed by atoms with E-state index >= 15 is 0 Å². The molecule has 0 radical (unpaired) electrons. The summed E-state index contributed by atoms with van der Waals surface area (Å²) in [7, 11) is 0. The summed E-state index contributed by atoms with van der Waals surface area (Å²) >= 11 is 0. The number of nitrogens with one attached hydrogen (secondary N) is 1. The fraction of sp³-hybridized carbons (Fsp3) is 0.0769. The first-order valence-electron chi connectivity index (χ1n) is 5.26. The lowest BCUT2D eigenvalue weighted by molar-refractivity contribution is 1.16. The Kier molecular flexibility index (Phi) is 1.80. The number of nitrogen functional groups attached to an aromatic ring is 2. The standard InChI is InChI=1S/C13H13N3/c14-10-3-4-12-9(6-10)5-8-1-2-11(15)7-13(8)16-12/h1-4,6-7,16H,5,14-15H2. The molecule has 1 aliphatic heterocycles. The first-order valence-corrected chi connectivity index (χ1v) is 5.26. The van der Waals surface area contributed by atoms with Crippen LogP contribution in [0.25, 0.3) is 0 Å². The van der Waals surface area contributed by atoms with Crippen molar-refractivity contribution in [2.75, 3.05) is 16.8 Å². The monoisotopic (exact) mass is 211 g/mol. The molecule has 1 aliphatic rings. The van der Waals surface area contributed by atoms with Gasteiger partial charge in [-0.25, -0.2) is 0 Å². The van der Waals surface area contributed by atoms with Crippen LogP contribution < -0.4 is 16.8 Å². The molecule has 3 heteroatoms. The second-order valence-corrected chi connectivity index (χ2v) is 4.13. The van der Waals surface area contributed by atoms with Crippen molar-refractivity contribution < 1.29 is 0 Å². The normalized spacial score (nSPS) is 12.5. The molecular weight excluding hydrogens is 198 g/mol. The molecule has 0 atom stereocenters. The Hall–Kier alpha value is -2.16. The van der Waals surface area contributed by atoms with E-state index in [0.29, 0.717) is 0 Å². The molecule has 2 aromatic rings. The number of nitrogens with two attached hydrogens (primary N) is 2. The Balaban J connectivity index is 2.09. The van der Waals surface area contributed by atoms with Crippen LogP contribution >= 0.6 is 0 Å². The van der Waals surface area contributed by atoms with Crippen LogP contribution in [0.2, 0.25) is 0 Å². The van der Waals surface area contributed by atoms with Crippen molar-refractivity contribution >= 4 is 22.7 Å². The molecule has 0 aliphatic carbocycles. The van der Waals surface area contributed by atoms with E-state index in [-0.39, 0.29) is 0 Å². The van der Waals surface area contributed by atoms with E-state index in [1.807, 2.05) is 30.3 Å². The zero-order chi connectivity index (χ0) is 11.1. The summed E-state index contributed by atoms with van der Waals surface area (Å²) in [5.41, 5.74) is 17.8. The highest BCUT2D eigenvalue weighted by molar-refractivity contribution is 5.75. The third-order valence-electron chi connectivity index (χ3n) is 2.91. The van der Waals surface area contributed by atoms with Crippen molar-refractivity contribution in [1.29, 1.82) is 0 Å². The van der Waals surface area contributed by atoms with Crippen LogP contribution in [0.4, 0.5) is 22.7 Å². The molecule has 5 N–H and O–H groups in total. The number of hydrogen-bond donors (Lipinski definition) is 3. The zero-order valence-electron chi connectivity index (χ0n) is 8.83. The van der Waals surface area contributed by atoms with Gasteiger partial charge in [0, 0.05) is 29.2 Å². The van der Waals surface area contributed by atoms with E-state index in [1.165, 1.54) is 11.1 Å². The molecule has 0 aromatic heterocycles. The van der Waals surface area contributed by atoms with Gasteiger partial charge < -0.3 is 16.8 Å². The second-order valence-electron chi connectivity index (χ2n) is 4.13. The fourth-order valence-electron chi connectivity index (χ4n) is 2.10. The summed E-state index contributed by atoms with van der Waals surface area (Å²) in [6.07, 6.45) is 0.906. The van der Waals surface area contributed by atoms with Crippen LogP contribution in [-0.2, 0) is 6.42 Å². The zero-order valence-corrected chi connectivity index (χ0v) is 8.83. The van der Waals surface area contributed by atoms with E-state index in [1.54, 1.807) is 0 Å². The predicted molar refractivity (Wildman–Crippen MR) is 67.8 cm³/mol. The molecule has 80 valence electrons. The van der Waals surface area contributed by atoms with Crippen LogP contribution in [0.15, 0.2) is 36.4 Å². The van der Waals surface area contributed by atoms with Gasteiger partial charge in [0.15, 0.2) is 0 Å². The molecule has 0 spiro atoms. The summed E-state index contributed by atoms with van der Waals surface area (Å²) in [6, 6.07) is 11.9. The summed E-state index contributed by atoms with van der Waals surface area (Å²) in [5.74, 6) is 0. The van der Waals surface area contributed by atoms with Crippen molar-refractivity contribution in [3.63, 3.8) is 0 Å². The van der Waals surface area contributed by atoms with Gasteiger partial charge in [0.1, 0.15) is 0 Å². The number of anilines is 4. The smallest absolute Gasteiger partial charge is 0.0440 e. The van der Waals surface area contributed by atoms with Crippen molar-refractivity contribution in [1.82, 2.24) is 0 Å². The lowest BCUT2D eigenvalue weighted by Gasteiger charge is -2.22. The quantitative estimate of drug-likeness (QED) is 0.500. The van der Waals surface area contributed by atoms with Crippen molar-refractivity contribution in [3.8, 4) is 0 Å². The molecular formula is C13H13N3. The first kappa shape index (κ1) is 9.09. The largest absolute Gasteiger partial charge is 0.399 e. The van der Waals surface area contributed by atoms with E-state index < -0.39 is 0 Å². The minimum atomic E-state index is 0.783. The van der Waals surface area contributed by atoms with Gasteiger partial charge in [0.05, 0.1) is 0 Å². The summed E-state index contributed by atoms with van der Waals surface area (Å²) in [5, 5.41) is 3.37. The SMILES string of the molecule is Nc1ccc2c(c1)Cc1ccc(N)cc1N2. The van der Waals surface area contributed by atoms with E-state index in [4.69, 9.17) is 11.5 Å². The van der Waals surface area contributed by atoms with Crippen LogP contribution in [0.3, 0.4) is 0 Å². The maximum atomic E-state index is 5.78. The summed E-state index contributed by atoms with van der Waals surface area (Å²) in [4.78, 5) is 0. The van der Waals surface area contributed by atoms with Gasteiger partial charge >= 0.3 is 0 Å². The lowest BCUT2D eigenvalue weighted by Crippen LogP contribution is -2.07. The second kappa shape index (κ2) is 3.17. The predicted octanol–water partition coefficient (Wildman–Crippen LogP) is 2.50. The Labute approximate surface area is 94.1 Å². The molecule has 0 bridgehead atoms. The van der Waals surface area contributed by atoms with Gasteiger partial charge in [-0.3, -0.25) is 0 Å². The molecule has 0 saturated carbocycles. The van der Waals surface area contributed by atoms with Crippen molar-refractivity contribution in [3.05, 3.63) is 47.5 Å². The third-order valence-corrected chi connectivity index (χ3v) is 2.91. The van der Waals surface area contributed by atoms with Crippen molar-refractivity contribution in [2.24, 2.45) is 0 Å². The highest BCUT2D eigenvalue weighted by Crippen LogP contribution is 2.34. The van der Waals surface area contributed by atoms with Crippen LogP contribution in [0.5, 0.6) is 0 Å². The lowest BCUT2D eigenvalue weighted by atomic mass is 9.96. The Morgan fingerprint density at radius 1 is 0.812 bits per heavy atom. The Morgan fingerprint density at radius 3 is 2.44 bits per heavy atom. The van der Waals surface area contributed by atoms with Gasteiger partial charge in [-0.05, 0) is 41.5 Å². The molecule has 0 fully saturated rings. The molecule has 1 heterocycles. The molecule has 0 amide bonds. The Bertz CT molecular complexity index is 510. The van der Waals surface area contributed by atoms with Gasteiger partial charge in [0.25, 0.3) is 0 Å². The fourth-order valence-corrected chi connectivity index (χ4v) is 2.10. The summed E-state index contributed by atoms with van der Waals surface area (Å²) < 4.78 is 0. The van der Waals surface area contributed by atoms with E-state index in [2.05, 4.69) is 11.4 Å². The number of rotatable bonds is 0. The van der Waals surface area contributed by atoms with E-state index in [9.17, 15) is 0 Å². The molecule has 16 heavy (non-hydrogen) atoms. The summed E-state index contributed by atoms with van der Waals surface area (Å²) in [6.45, 7) is 0. The maximum absolute atomic E-state index is 5.78. The van der Waals surface area contributed by atoms with Gasteiger partial charge in [-0.1, -0.05) is 6.07 Å². The molecule has 3 rings (SSSR count). The first-order chi connectivity index (χ1) is 7.72. The molecule has 2 aromatic carbocycles. The minimum Gasteiger partial charge on any atom is -0.399 e. The highest BCUT2D eigenvalue weighted by Gasteiger charge is 2.14. The Morgan fingerprint density at radius 2 is 1.56 bits per heavy atom. The maximum Gasteiger partial charge on any atom is 0.0440 e. The number of hydrogen-bond acceptors (Lipinski definition) is 3. The van der Waals surface area contributed by atoms with Gasteiger partial charge in [0.2, 0.25) is 0 Å². The third kappa shape index (κ3) is 1.37. The highest BCUT2D eigenvalue weighted by atomic mass is 14.9. The number of fused-ring (bicyclic) bond motifs is 2. The molecule has 3 nitrogen and oxygen atoms in total. The van der Waals surface area contributed by atoms with E-state index in [0.717, 1.165) is 29.2 Å². The van der Waals surface area contributed by atoms with Crippen LogP contribution in [0.1, 0.15) is 11.1 Å².